The highest BCUT2D eigenvalue weighted by Gasteiger charge is 2.03. The Hall–Kier alpha value is -2.24. The van der Waals surface area contributed by atoms with Crippen LogP contribution in [0.1, 0.15) is 0 Å². The fraction of sp³-hybridized carbons (Fsp3) is 0.182. The van der Waals surface area contributed by atoms with E-state index in [2.05, 4.69) is 10.5 Å². The number of halogens is 1. The summed E-state index contributed by atoms with van der Waals surface area (Å²) in [5, 5.41) is 21.2. The van der Waals surface area contributed by atoms with Gasteiger partial charge < -0.3 is 4.90 Å². The van der Waals surface area contributed by atoms with Crippen molar-refractivity contribution in [2.24, 2.45) is 5.10 Å². The van der Waals surface area contributed by atoms with Crippen molar-refractivity contribution in [3.63, 3.8) is 0 Å². The Morgan fingerprint density at radius 3 is 2.47 bits per heavy atom. The summed E-state index contributed by atoms with van der Waals surface area (Å²) in [6.07, 6.45) is 0. The van der Waals surface area contributed by atoms with Crippen molar-refractivity contribution in [1.82, 2.24) is 0 Å². The third-order valence-electron chi connectivity index (χ3n) is 1.94. The second-order valence-electron chi connectivity index (χ2n) is 3.36. The van der Waals surface area contributed by atoms with Crippen LogP contribution in [0.5, 0.6) is 0 Å². The standard InChI is InChI=1S/C11H10ClN5/c1-17(2)11-4-3-8(5-10(11)12)15-16-9(6-13)7-14/h3-5,15H,1-2H3. The van der Waals surface area contributed by atoms with Gasteiger partial charge in [0.1, 0.15) is 12.1 Å². The molecule has 0 fully saturated rings. The molecule has 0 bridgehead atoms. The second kappa shape index (κ2) is 5.74. The van der Waals surface area contributed by atoms with Gasteiger partial charge >= 0.3 is 0 Å². The average molecular weight is 248 g/mol. The zero-order chi connectivity index (χ0) is 12.8. The van der Waals surface area contributed by atoms with E-state index >= 15 is 0 Å². The molecule has 17 heavy (non-hydrogen) atoms. The number of benzene rings is 1. The first-order valence-corrected chi connectivity index (χ1v) is 5.07. The fourth-order valence-electron chi connectivity index (χ4n) is 1.13. The number of nitriles is 2. The first-order valence-electron chi connectivity index (χ1n) is 4.69. The van der Waals surface area contributed by atoms with E-state index < -0.39 is 0 Å². The lowest BCUT2D eigenvalue weighted by molar-refractivity contribution is 1.13. The molecule has 0 aliphatic rings. The third kappa shape index (κ3) is 3.37. The van der Waals surface area contributed by atoms with Crippen LogP contribution in [-0.2, 0) is 0 Å². The number of hydrogen-bond donors (Lipinski definition) is 1. The zero-order valence-corrected chi connectivity index (χ0v) is 10.2. The Morgan fingerprint density at radius 2 is 2.00 bits per heavy atom. The van der Waals surface area contributed by atoms with Gasteiger partial charge in [-0.25, -0.2) is 0 Å². The molecule has 86 valence electrons. The van der Waals surface area contributed by atoms with Gasteiger partial charge in [0.2, 0.25) is 5.71 Å². The number of hydrazone groups is 1. The minimum atomic E-state index is -0.238. The molecule has 0 unspecified atom stereocenters. The van der Waals surface area contributed by atoms with Gasteiger partial charge in [-0.2, -0.15) is 15.6 Å². The summed E-state index contributed by atoms with van der Waals surface area (Å²) in [7, 11) is 3.77. The Balaban J connectivity index is 2.90. The molecule has 0 saturated carbocycles. The predicted molar refractivity (Wildman–Crippen MR) is 68.1 cm³/mol. The van der Waals surface area contributed by atoms with Crippen molar-refractivity contribution in [3.05, 3.63) is 23.2 Å². The van der Waals surface area contributed by atoms with E-state index in [4.69, 9.17) is 22.1 Å². The second-order valence-corrected chi connectivity index (χ2v) is 3.76. The number of anilines is 2. The minimum Gasteiger partial charge on any atom is -0.376 e. The van der Waals surface area contributed by atoms with Crippen molar-refractivity contribution in [3.8, 4) is 12.1 Å². The van der Waals surface area contributed by atoms with E-state index in [0.717, 1.165) is 5.69 Å². The van der Waals surface area contributed by atoms with Gasteiger partial charge in [-0.1, -0.05) is 11.6 Å². The van der Waals surface area contributed by atoms with Gasteiger partial charge in [-0.05, 0) is 18.2 Å². The van der Waals surface area contributed by atoms with Crippen LogP contribution < -0.4 is 10.3 Å². The Bertz CT molecular complexity index is 506. The van der Waals surface area contributed by atoms with Crippen LogP contribution in [0.3, 0.4) is 0 Å². The molecular weight excluding hydrogens is 238 g/mol. The van der Waals surface area contributed by atoms with Crippen molar-refractivity contribution < 1.29 is 0 Å². The SMILES string of the molecule is CN(C)c1ccc(NN=C(C#N)C#N)cc1Cl. The predicted octanol–water partition coefficient (Wildman–Crippen LogP) is 2.22. The lowest BCUT2D eigenvalue weighted by Gasteiger charge is -2.14. The van der Waals surface area contributed by atoms with E-state index in [-0.39, 0.29) is 5.71 Å². The summed E-state index contributed by atoms with van der Waals surface area (Å²) < 4.78 is 0. The fourth-order valence-corrected chi connectivity index (χ4v) is 1.48. The lowest BCUT2D eigenvalue weighted by Crippen LogP contribution is -2.09. The van der Waals surface area contributed by atoms with E-state index in [1.807, 2.05) is 25.1 Å². The average Bonchev–Trinajstić information content (AvgIpc) is 2.30. The first-order chi connectivity index (χ1) is 8.08. The quantitative estimate of drug-likeness (QED) is 0.656. The first kappa shape index (κ1) is 12.8. The summed E-state index contributed by atoms with van der Waals surface area (Å²) in [6.45, 7) is 0. The summed E-state index contributed by atoms with van der Waals surface area (Å²) in [4.78, 5) is 1.88. The molecule has 1 N–H and O–H groups in total. The van der Waals surface area contributed by atoms with E-state index in [9.17, 15) is 0 Å². The van der Waals surface area contributed by atoms with Crippen LogP contribution in [0.25, 0.3) is 0 Å². The van der Waals surface area contributed by atoms with Gasteiger partial charge in [0.15, 0.2) is 0 Å². The smallest absolute Gasteiger partial charge is 0.237 e. The highest BCUT2D eigenvalue weighted by atomic mass is 35.5. The summed E-state index contributed by atoms with van der Waals surface area (Å²) in [5.74, 6) is 0. The maximum Gasteiger partial charge on any atom is 0.237 e. The van der Waals surface area contributed by atoms with Crippen LogP contribution in [0, 0.1) is 22.7 Å². The van der Waals surface area contributed by atoms with Gasteiger partial charge in [-0.15, -0.1) is 0 Å². The molecule has 0 aliphatic carbocycles. The van der Waals surface area contributed by atoms with Crippen LogP contribution in [0.4, 0.5) is 11.4 Å². The molecule has 0 saturated heterocycles. The molecule has 0 amide bonds. The molecule has 0 heterocycles. The highest BCUT2D eigenvalue weighted by molar-refractivity contribution is 6.33. The zero-order valence-electron chi connectivity index (χ0n) is 9.40. The molecule has 0 aromatic heterocycles. The molecule has 1 rings (SSSR count). The maximum absolute atomic E-state index is 8.50. The van der Waals surface area contributed by atoms with Crippen LogP contribution >= 0.6 is 11.6 Å². The number of nitrogens with zero attached hydrogens (tertiary/aromatic N) is 4. The highest BCUT2D eigenvalue weighted by Crippen LogP contribution is 2.27. The van der Waals surface area contributed by atoms with Gasteiger partial charge in [0.25, 0.3) is 0 Å². The number of rotatable bonds is 3. The van der Waals surface area contributed by atoms with Crippen molar-refractivity contribution in [1.29, 1.82) is 10.5 Å². The monoisotopic (exact) mass is 247 g/mol. The van der Waals surface area contributed by atoms with Crippen molar-refractivity contribution >= 4 is 28.7 Å². The molecule has 0 aliphatic heterocycles. The van der Waals surface area contributed by atoms with Crippen LogP contribution in [0.15, 0.2) is 23.3 Å². The largest absolute Gasteiger partial charge is 0.376 e. The molecule has 5 nitrogen and oxygen atoms in total. The Kier molecular flexibility index (Phi) is 4.33. The van der Waals surface area contributed by atoms with E-state index in [0.29, 0.717) is 10.7 Å². The van der Waals surface area contributed by atoms with E-state index in [1.54, 1.807) is 24.3 Å². The molecule has 6 heteroatoms. The minimum absolute atomic E-state index is 0.238. The summed E-state index contributed by atoms with van der Waals surface area (Å²) in [6, 6.07) is 8.56. The molecule has 0 atom stereocenters. The van der Waals surface area contributed by atoms with Crippen LogP contribution in [-0.4, -0.2) is 19.8 Å². The lowest BCUT2D eigenvalue weighted by atomic mass is 10.2. The Labute approximate surface area is 105 Å². The molecule has 0 spiro atoms. The van der Waals surface area contributed by atoms with E-state index in [1.165, 1.54) is 0 Å². The normalized spacial score (nSPS) is 8.76. The molecule has 0 radical (unpaired) electrons. The third-order valence-corrected chi connectivity index (χ3v) is 2.24. The Morgan fingerprint density at radius 1 is 1.35 bits per heavy atom. The number of hydrogen-bond acceptors (Lipinski definition) is 5. The van der Waals surface area contributed by atoms with Gasteiger partial charge in [0, 0.05) is 14.1 Å². The maximum atomic E-state index is 8.50. The van der Waals surface area contributed by atoms with Crippen molar-refractivity contribution in [2.75, 3.05) is 24.4 Å². The van der Waals surface area contributed by atoms with Crippen LogP contribution in [0.2, 0.25) is 5.02 Å². The van der Waals surface area contributed by atoms with Gasteiger partial charge in [0.05, 0.1) is 16.4 Å². The van der Waals surface area contributed by atoms with Gasteiger partial charge in [-0.3, -0.25) is 5.43 Å². The topological polar surface area (TPSA) is 75.2 Å². The molecule has 1 aromatic carbocycles. The summed E-state index contributed by atoms with van der Waals surface area (Å²) in [5.41, 5.74) is 3.85. The summed E-state index contributed by atoms with van der Waals surface area (Å²) >= 11 is 6.05. The molecule has 1 aromatic rings. The molecular formula is C11H10ClN5. The number of nitrogens with one attached hydrogen (secondary N) is 1. The van der Waals surface area contributed by atoms with Crippen molar-refractivity contribution in [2.45, 2.75) is 0 Å².